The van der Waals surface area contributed by atoms with E-state index in [0.29, 0.717) is 38.5 Å². The Balaban J connectivity index is 1.69. The minimum Gasteiger partial charge on any atom is -0.292 e. The lowest BCUT2D eigenvalue weighted by atomic mass is 10.1. The Hall–Kier alpha value is -3.84. The maximum Gasteiger partial charge on any atom is 0.351 e. The summed E-state index contributed by atoms with van der Waals surface area (Å²) >= 11 is 6.00. The third-order valence-corrected chi connectivity index (χ3v) is 5.24. The molecule has 152 valence electrons. The minimum atomic E-state index is -0.495. The van der Waals surface area contributed by atoms with Crippen LogP contribution in [-0.4, -0.2) is 24.9 Å². The van der Waals surface area contributed by atoms with E-state index in [4.69, 9.17) is 11.6 Å². The maximum absolute atomic E-state index is 13.3. The second-order valence-electron chi connectivity index (χ2n) is 7.00. The summed E-state index contributed by atoms with van der Waals surface area (Å²) in [7, 11) is 0. The Morgan fingerprint density at radius 3 is 2.55 bits per heavy atom. The number of carbonyl (C=O) groups is 1. The maximum atomic E-state index is 13.3. The number of Topliss-reactive ketones (excluding diaryl/α,β-unsaturated/α-hetero) is 1. The molecule has 0 saturated carbocycles. The monoisotopic (exact) mass is 432 g/mol. The van der Waals surface area contributed by atoms with Crippen molar-refractivity contribution in [3.05, 3.63) is 99.7 Å². The number of ketones is 1. The highest BCUT2D eigenvalue weighted by molar-refractivity contribution is 6.31. The van der Waals surface area contributed by atoms with E-state index >= 15 is 0 Å². The van der Waals surface area contributed by atoms with E-state index in [1.165, 1.54) is 21.2 Å². The fourth-order valence-electron chi connectivity index (χ4n) is 3.51. The van der Waals surface area contributed by atoms with Crippen molar-refractivity contribution in [1.29, 1.82) is 0 Å². The Kier molecular flexibility index (Phi) is 4.60. The van der Waals surface area contributed by atoms with Gasteiger partial charge in [-0.1, -0.05) is 35.9 Å². The molecule has 0 aliphatic rings. The first-order chi connectivity index (χ1) is 15.0. The quantitative estimate of drug-likeness (QED) is 0.395. The highest BCUT2D eigenvalue weighted by atomic mass is 35.5. The van der Waals surface area contributed by atoms with Crippen molar-refractivity contribution < 1.29 is 9.18 Å². The Morgan fingerprint density at radius 2 is 1.77 bits per heavy atom. The molecule has 31 heavy (non-hydrogen) atoms. The van der Waals surface area contributed by atoms with Crippen LogP contribution < -0.4 is 5.69 Å². The molecular formula is C23H14ClFN4O2. The number of benzene rings is 3. The standard InChI is InChI=1S/C23H14ClFN4O2/c24-16-5-3-4-15(12-16)20(30)13-28-19-7-2-1-6-18(19)22-26-21(27-29(22)23(28)31)14-8-10-17(25)11-9-14/h1-12H,13H2. The molecule has 2 aromatic heterocycles. The van der Waals surface area contributed by atoms with Crippen molar-refractivity contribution >= 4 is 33.9 Å². The lowest BCUT2D eigenvalue weighted by Gasteiger charge is -2.10. The molecule has 0 amide bonds. The molecule has 0 N–H and O–H groups in total. The van der Waals surface area contributed by atoms with Crippen LogP contribution in [0, 0.1) is 5.82 Å². The first-order valence-corrected chi connectivity index (χ1v) is 9.82. The molecule has 0 unspecified atom stereocenters. The van der Waals surface area contributed by atoms with Crippen LogP contribution in [0.3, 0.4) is 0 Å². The van der Waals surface area contributed by atoms with Crippen LogP contribution in [0.15, 0.2) is 77.6 Å². The highest BCUT2D eigenvalue weighted by Gasteiger charge is 2.18. The molecule has 0 fully saturated rings. The Bertz CT molecular complexity index is 1520. The van der Waals surface area contributed by atoms with Crippen molar-refractivity contribution in [2.75, 3.05) is 0 Å². The number of rotatable bonds is 4. The van der Waals surface area contributed by atoms with Gasteiger partial charge in [-0.25, -0.2) is 14.2 Å². The molecule has 3 aromatic carbocycles. The van der Waals surface area contributed by atoms with E-state index in [9.17, 15) is 14.0 Å². The van der Waals surface area contributed by atoms with Gasteiger partial charge in [0.25, 0.3) is 0 Å². The lowest BCUT2D eigenvalue weighted by molar-refractivity contribution is 0.0971. The predicted octanol–water partition coefficient (Wildman–Crippen LogP) is 4.39. The summed E-state index contributed by atoms with van der Waals surface area (Å²) in [5, 5.41) is 5.45. The molecule has 0 spiro atoms. The van der Waals surface area contributed by atoms with Crippen molar-refractivity contribution in [2.24, 2.45) is 0 Å². The lowest BCUT2D eigenvalue weighted by Crippen LogP contribution is -2.30. The van der Waals surface area contributed by atoms with Crippen LogP contribution in [0.25, 0.3) is 27.9 Å². The van der Waals surface area contributed by atoms with Gasteiger partial charge in [0, 0.05) is 21.5 Å². The second kappa shape index (κ2) is 7.45. The van der Waals surface area contributed by atoms with Gasteiger partial charge in [-0.05, 0) is 48.5 Å². The smallest absolute Gasteiger partial charge is 0.292 e. The molecule has 0 aliphatic heterocycles. The molecular weight excluding hydrogens is 419 g/mol. The zero-order chi connectivity index (χ0) is 21.5. The minimum absolute atomic E-state index is 0.179. The molecule has 5 rings (SSSR count). The number of hydrogen-bond acceptors (Lipinski definition) is 4. The Labute approximate surface area is 180 Å². The van der Waals surface area contributed by atoms with Gasteiger partial charge < -0.3 is 0 Å². The summed E-state index contributed by atoms with van der Waals surface area (Å²) < 4.78 is 15.8. The zero-order valence-electron chi connectivity index (χ0n) is 16.0. The van der Waals surface area contributed by atoms with Crippen LogP contribution in [0.4, 0.5) is 4.39 Å². The van der Waals surface area contributed by atoms with E-state index in [-0.39, 0.29) is 18.1 Å². The van der Waals surface area contributed by atoms with E-state index in [2.05, 4.69) is 10.1 Å². The normalized spacial score (nSPS) is 11.3. The summed E-state index contributed by atoms with van der Waals surface area (Å²) in [5.41, 5.74) is 1.43. The summed E-state index contributed by atoms with van der Waals surface area (Å²) in [5.74, 6) is -0.339. The van der Waals surface area contributed by atoms with Crippen molar-refractivity contribution in [2.45, 2.75) is 6.54 Å². The number of hydrogen-bond donors (Lipinski definition) is 0. The van der Waals surface area contributed by atoms with E-state index in [1.807, 2.05) is 12.1 Å². The molecule has 8 heteroatoms. The van der Waals surface area contributed by atoms with Crippen LogP contribution in [0.2, 0.25) is 5.02 Å². The largest absolute Gasteiger partial charge is 0.351 e. The van der Waals surface area contributed by atoms with E-state index < -0.39 is 5.69 Å². The van der Waals surface area contributed by atoms with E-state index in [1.54, 1.807) is 48.5 Å². The average Bonchev–Trinajstić information content (AvgIpc) is 3.23. The number of fused-ring (bicyclic) bond motifs is 3. The average molecular weight is 433 g/mol. The van der Waals surface area contributed by atoms with Gasteiger partial charge in [-0.15, -0.1) is 5.10 Å². The topological polar surface area (TPSA) is 69.3 Å². The molecule has 0 atom stereocenters. The van der Waals surface area contributed by atoms with Crippen molar-refractivity contribution in [1.82, 2.24) is 19.2 Å². The van der Waals surface area contributed by atoms with Gasteiger partial charge >= 0.3 is 5.69 Å². The second-order valence-corrected chi connectivity index (χ2v) is 7.43. The SMILES string of the molecule is O=C(Cn1c(=O)n2nc(-c3ccc(F)cc3)nc2c2ccccc21)c1cccc(Cl)c1. The molecule has 2 heterocycles. The third-order valence-electron chi connectivity index (χ3n) is 5.01. The first kappa shape index (κ1) is 19.1. The van der Waals surface area contributed by atoms with Crippen LogP contribution in [-0.2, 0) is 6.54 Å². The molecule has 0 bridgehead atoms. The van der Waals surface area contributed by atoms with Crippen LogP contribution in [0.1, 0.15) is 10.4 Å². The first-order valence-electron chi connectivity index (χ1n) is 9.44. The van der Waals surface area contributed by atoms with Gasteiger partial charge in [0.1, 0.15) is 5.82 Å². The number of nitrogens with zero attached hydrogens (tertiary/aromatic N) is 4. The summed E-state index contributed by atoms with van der Waals surface area (Å²) in [6.45, 7) is -0.179. The van der Waals surface area contributed by atoms with Gasteiger partial charge in [0.15, 0.2) is 17.3 Å². The van der Waals surface area contributed by atoms with Gasteiger partial charge in [0.05, 0.1) is 12.1 Å². The summed E-state index contributed by atoms with van der Waals surface area (Å²) in [4.78, 5) is 30.6. The fraction of sp³-hybridized carbons (Fsp3) is 0.0435. The number of para-hydroxylation sites is 1. The molecule has 0 saturated heterocycles. The zero-order valence-corrected chi connectivity index (χ0v) is 16.8. The van der Waals surface area contributed by atoms with Crippen LogP contribution in [0.5, 0.6) is 0 Å². The Morgan fingerprint density at radius 1 is 1.00 bits per heavy atom. The van der Waals surface area contributed by atoms with Crippen LogP contribution >= 0.6 is 11.6 Å². The number of halogens is 2. The molecule has 6 nitrogen and oxygen atoms in total. The third kappa shape index (κ3) is 3.39. The summed E-state index contributed by atoms with van der Waals surface area (Å²) in [6, 6.07) is 19.5. The van der Waals surface area contributed by atoms with Gasteiger partial charge in [0.2, 0.25) is 0 Å². The highest BCUT2D eigenvalue weighted by Crippen LogP contribution is 2.22. The fourth-order valence-corrected chi connectivity index (χ4v) is 3.70. The van der Waals surface area contributed by atoms with Gasteiger partial charge in [-0.2, -0.15) is 4.52 Å². The molecule has 0 radical (unpaired) electrons. The molecule has 0 aliphatic carbocycles. The van der Waals surface area contributed by atoms with Crippen molar-refractivity contribution in [3.8, 4) is 11.4 Å². The number of aromatic nitrogens is 4. The summed E-state index contributed by atoms with van der Waals surface area (Å²) in [6.07, 6.45) is 0. The van der Waals surface area contributed by atoms with Crippen molar-refractivity contribution in [3.63, 3.8) is 0 Å². The van der Waals surface area contributed by atoms with Gasteiger partial charge in [-0.3, -0.25) is 9.36 Å². The molecule has 5 aromatic rings. The van der Waals surface area contributed by atoms with E-state index in [0.717, 1.165) is 0 Å². The number of carbonyl (C=O) groups excluding carboxylic acids is 1. The predicted molar refractivity (Wildman–Crippen MR) is 116 cm³/mol.